The molecule has 9 atom stereocenters. The molecule has 0 aromatic heterocycles. The van der Waals surface area contributed by atoms with Gasteiger partial charge in [0.1, 0.15) is 11.7 Å². The highest BCUT2D eigenvalue weighted by atomic mass is 16.5. The SMILES string of the molecule is CC(=O)O[C@H]1CC[C@]2(C)[C@H]3CC[C@@]4(C)[C@H](CC[C@@H]4[C@H](C)CCCC(C)C)[C@H]3CC(=O)[C@@]2(O)C1. The summed E-state index contributed by atoms with van der Waals surface area (Å²) in [6.45, 7) is 13.2. The first-order valence-electron chi connectivity index (χ1n) is 13.8. The lowest BCUT2D eigenvalue weighted by atomic mass is 9.42. The van der Waals surface area contributed by atoms with Crippen molar-refractivity contribution in [2.75, 3.05) is 0 Å². The summed E-state index contributed by atoms with van der Waals surface area (Å²) in [7, 11) is 0. The van der Waals surface area contributed by atoms with Crippen molar-refractivity contribution in [2.45, 2.75) is 124 Å². The van der Waals surface area contributed by atoms with Crippen molar-refractivity contribution in [3.63, 3.8) is 0 Å². The predicted molar refractivity (Wildman–Crippen MR) is 130 cm³/mol. The van der Waals surface area contributed by atoms with Crippen LogP contribution in [0, 0.1) is 46.3 Å². The molecule has 4 aliphatic rings. The van der Waals surface area contributed by atoms with Crippen LogP contribution in [-0.4, -0.2) is 28.6 Å². The third kappa shape index (κ3) is 4.10. The molecule has 4 aliphatic carbocycles. The third-order valence-electron chi connectivity index (χ3n) is 11.1. The molecule has 33 heavy (non-hydrogen) atoms. The number of hydrogen-bond donors (Lipinski definition) is 1. The van der Waals surface area contributed by atoms with Crippen molar-refractivity contribution in [1.82, 2.24) is 0 Å². The Balaban J connectivity index is 1.52. The minimum absolute atomic E-state index is 0.0146. The number of Topliss-reactive ketones (excluding diaryl/α,β-unsaturated/α-hetero) is 1. The van der Waals surface area contributed by atoms with E-state index < -0.39 is 11.0 Å². The fourth-order valence-electron chi connectivity index (χ4n) is 9.36. The molecule has 0 amide bonds. The highest BCUT2D eigenvalue weighted by molar-refractivity contribution is 5.89. The Bertz CT molecular complexity index is 761. The van der Waals surface area contributed by atoms with Gasteiger partial charge in [0.05, 0.1) is 0 Å². The lowest BCUT2D eigenvalue weighted by molar-refractivity contribution is -0.217. The molecule has 188 valence electrons. The van der Waals surface area contributed by atoms with E-state index in [2.05, 4.69) is 34.6 Å². The molecule has 4 fully saturated rings. The number of ether oxygens (including phenoxy) is 1. The van der Waals surface area contributed by atoms with Crippen molar-refractivity contribution < 1.29 is 19.4 Å². The van der Waals surface area contributed by atoms with E-state index in [1.165, 1.54) is 45.4 Å². The molecular formula is C29H48O4. The number of fused-ring (bicyclic) bond motifs is 5. The maximum atomic E-state index is 13.6. The average molecular weight is 461 g/mol. The first-order chi connectivity index (χ1) is 15.4. The van der Waals surface area contributed by atoms with Gasteiger partial charge in [-0.15, -0.1) is 0 Å². The Morgan fingerprint density at radius 3 is 2.45 bits per heavy atom. The Morgan fingerprint density at radius 1 is 1.06 bits per heavy atom. The number of rotatable bonds is 6. The van der Waals surface area contributed by atoms with Crippen molar-refractivity contribution in [3.05, 3.63) is 0 Å². The van der Waals surface area contributed by atoms with Gasteiger partial charge in [-0.2, -0.15) is 0 Å². The van der Waals surface area contributed by atoms with Crippen LogP contribution in [-0.2, 0) is 14.3 Å². The monoisotopic (exact) mass is 460 g/mol. The van der Waals surface area contributed by atoms with Crippen molar-refractivity contribution >= 4 is 11.8 Å². The number of aliphatic hydroxyl groups is 1. The van der Waals surface area contributed by atoms with Crippen molar-refractivity contribution in [2.24, 2.45) is 46.3 Å². The van der Waals surface area contributed by atoms with E-state index in [-0.39, 0.29) is 24.3 Å². The quantitative estimate of drug-likeness (QED) is 0.470. The Kier molecular flexibility index (Phi) is 6.84. The smallest absolute Gasteiger partial charge is 0.302 e. The van der Waals surface area contributed by atoms with Crippen LogP contribution in [0.15, 0.2) is 0 Å². The first-order valence-corrected chi connectivity index (χ1v) is 13.8. The largest absolute Gasteiger partial charge is 0.462 e. The molecule has 0 aromatic carbocycles. The highest BCUT2D eigenvalue weighted by Gasteiger charge is 2.68. The van der Waals surface area contributed by atoms with Gasteiger partial charge in [0.2, 0.25) is 0 Å². The Hall–Kier alpha value is -0.900. The predicted octanol–water partition coefficient (Wildman–Crippen LogP) is 6.33. The number of esters is 1. The number of ketones is 1. The fraction of sp³-hybridized carbons (Fsp3) is 0.931. The van der Waals surface area contributed by atoms with Gasteiger partial charge in [-0.05, 0) is 79.4 Å². The van der Waals surface area contributed by atoms with Gasteiger partial charge in [-0.25, -0.2) is 0 Å². The van der Waals surface area contributed by atoms with E-state index >= 15 is 0 Å². The number of carbonyl (C=O) groups excluding carboxylic acids is 2. The van der Waals surface area contributed by atoms with Crippen LogP contribution in [0.1, 0.15) is 112 Å². The van der Waals surface area contributed by atoms with Gasteiger partial charge in [0.15, 0.2) is 5.78 Å². The molecule has 4 saturated carbocycles. The maximum absolute atomic E-state index is 13.6. The number of hydrogen-bond acceptors (Lipinski definition) is 4. The zero-order chi connectivity index (χ0) is 24.2. The summed E-state index contributed by atoms with van der Waals surface area (Å²) in [4.78, 5) is 25.1. The highest BCUT2D eigenvalue weighted by Crippen LogP contribution is 2.68. The lowest BCUT2D eigenvalue weighted by Crippen LogP contribution is -2.67. The molecule has 0 spiro atoms. The molecule has 0 unspecified atom stereocenters. The topological polar surface area (TPSA) is 63.6 Å². The van der Waals surface area contributed by atoms with Gasteiger partial charge in [-0.1, -0.05) is 53.9 Å². The van der Waals surface area contributed by atoms with Crippen LogP contribution in [0.3, 0.4) is 0 Å². The van der Waals surface area contributed by atoms with Gasteiger partial charge >= 0.3 is 5.97 Å². The molecule has 0 radical (unpaired) electrons. The molecule has 0 aromatic rings. The van der Waals surface area contributed by atoms with E-state index in [1.54, 1.807) is 0 Å². The van der Waals surface area contributed by atoms with Crippen LogP contribution in [0.5, 0.6) is 0 Å². The third-order valence-corrected chi connectivity index (χ3v) is 11.1. The van der Waals surface area contributed by atoms with Crippen LogP contribution < -0.4 is 0 Å². The minimum Gasteiger partial charge on any atom is -0.462 e. The molecule has 0 saturated heterocycles. The average Bonchev–Trinajstić information content (AvgIpc) is 3.07. The van der Waals surface area contributed by atoms with Crippen LogP contribution in [0.4, 0.5) is 0 Å². The van der Waals surface area contributed by atoms with E-state index in [4.69, 9.17) is 4.74 Å². The molecule has 0 bridgehead atoms. The summed E-state index contributed by atoms with van der Waals surface area (Å²) in [6.07, 6.45) is 10.9. The number of carbonyl (C=O) groups is 2. The molecule has 1 N–H and O–H groups in total. The molecular weight excluding hydrogens is 412 g/mol. The van der Waals surface area contributed by atoms with Gasteiger partial charge in [0, 0.05) is 25.2 Å². The molecule has 4 heteroatoms. The summed E-state index contributed by atoms with van der Waals surface area (Å²) in [5.41, 5.74) is -1.41. The zero-order valence-corrected chi connectivity index (χ0v) is 22.0. The van der Waals surface area contributed by atoms with Gasteiger partial charge < -0.3 is 9.84 Å². The fourth-order valence-corrected chi connectivity index (χ4v) is 9.36. The maximum Gasteiger partial charge on any atom is 0.302 e. The summed E-state index contributed by atoms with van der Waals surface area (Å²) in [5, 5.41) is 11.8. The minimum atomic E-state index is -1.34. The Morgan fingerprint density at radius 2 is 1.79 bits per heavy atom. The second kappa shape index (κ2) is 8.95. The van der Waals surface area contributed by atoms with Gasteiger partial charge in [0.25, 0.3) is 0 Å². The summed E-state index contributed by atoms with van der Waals surface area (Å²) in [6, 6.07) is 0. The standard InChI is InChI=1S/C29H48O4/c1-18(2)8-7-9-19(3)23-10-11-24-22-16-26(31)29(32)17-21(33-20(4)30)12-15-28(29,6)25(22)13-14-27(23,24)5/h18-19,21-25,32H,7-17H2,1-6H3/t19-,21+,22-,23-,24-,25+,27-,28-,29+/m1/s1. The summed E-state index contributed by atoms with van der Waals surface area (Å²) >= 11 is 0. The second-order valence-electron chi connectivity index (χ2n) is 13.3. The van der Waals surface area contributed by atoms with Crippen LogP contribution in [0.2, 0.25) is 0 Å². The summed E-state index contributed by atoms with van der Waals surface area (Å²) in [5.74, 6) is 3.39. The molecule has 0 aliphatic heterocycles. The van der Waals surface area contributed by atoms with Crippen LogP contribution >= 0.6 is 0 Å². The van der Waals surface area contributed by atoms with E-state index in [1.807, 2.05) is 0 Å². The normalized spacial score (nSPS) is 45.8. The van der Waals surface area contributed by atoms with E-state index in [9.17, 15) is 14.7 Å². The second-order valence-corrected chi connectivity index (χ2v) is 13.3. The lowest BCUT2D eigenvalue weighted by Gasteiger charge is -2.63. The molecule has 4 nitrogen and oxygen atoms in total. The van der Waals surface area contributed by atoms with Gasteiger partial charge in [-0.3, -0.25) is 9.59 Å². The van der Waals surface area contributed by atoms with Crippen molar-refractivity contribution in [3.8, 4) is 0 Å². The summed E-state index contributed by atoms with van der Waals surface area (Å²) < 4.78 is 5.46. The molecule has 4 rings (SSSR count). The van der Waals surface area contributed by atoms with E-state index in [0.717, 1.165) is 37.0 Å². The van der Waals surface area contributed by atoms with E-state index in [0.29, 0.717) is 29.6 Å². The van der Waals surface area contributed by atoms with Crippen molar-refractivity contribution in [1.29, 1.82) is 0 Å². The molecule has 0 heterocycles. The van der Waals surface area contributed by atoms with Crippen LogP contribution in [0.25, 0.3) is 0 Å². The first kappa shape index (κ1) is 25.2. The Labute approximate surface area is 201 Å². The zero-order valence-electron chi connectivity index (χ0n) is 22.0.